The van der Waals surface area contributed by atoms with Gasteiger partial charge in [-0.15, -0.1) is 0 Å². The van der Waals surface area contributed by atoms with Crippen LogP contribution in [-0.2, 0) is 24.9 Å². The van der Waals surface area contributed by atoms with Gasteiger partial charge in [-0.25, -0.2) is 14.4 Å². The summed E-state index contributed by atoms with van der Waals surface area (Å²) in [6, 6.07) is 7.29. The smallest absolute Gasteiger partial charge is 0.145 e. The van der Waals surface area contributed by atoms with Crippen LogP contribution < -0.4 is 4.90 Å². The van der Waals surface area contributed by atoms with E-state index in [-0.39, 0.29) is 17.5 Å². The number of nitrogens with zero attached hydrogens (tertiary/aromatic N) is 7. The second kappa shape index (κ2) is 11.0. The Morgan fingerprint density at radius 3 is 2.76 bits per heavy atom. The molecular weight excluding hydrogens is 485 g/mol. The van der Waals surface area contributed by atoms with Crippen molar-refractivity contribution in [2.75, 3.05) is 31.1 Å². The van der Waals surface area contributed by atoms with Gasteiger partial charge < -0.3 is 14.6 Å². The number of fused-ring (bicyclic) bond motifs is 1. The van der Waals surface area contributed by atoms with Gasteiger partial charge in [0.2, 0.25) is 0 Å². The van der Waals surface area contributed by atoms with Gasteiger partial charge in [0.25, 0.3) is 0 Å². The molecule has 5 rings (SSSR count). The SMILES string of the molecule is CCN(Cc1ccc(-c2cnn(C)c2)cc1F)c1ncnc2c1ccn2CC1CCN(CC(C)=O)C[C@@H]1O. The highest BCUT2D eigenvalue weighted by Crippen LogP contribution is 2.29. The standard InChI is InChI=1S/C28H34FN7O2/c1-4-35(15-21-6-5-20(11-25(21)29)23-12-32-33(3)14-23)27-24-8-10-36(28(24)31-18-30-27)16-22-7-9-34(13-19(2)37)17-26(22)38/h5-6,8,10-12,14,18,22,26,38H,4,7,9,13,15-17H2,1-3H3/t22?,26-/m0/s1. The van der Waals surface area contributed by atoms with Crippen molar-refractivity contribution in [3.05, 3.63) is 60.6 Å². The number of piperidine rings is 1. The summed E-state index contributed by atoms with van der Waals surface area (Å²) in [5, 5.41) is 15.8. The summed E-state index contributed by atoms with van der Waals surface area (Å²) in [6.45, 7) is 6.92. The molecule has 38 heavy (non-hydrogen) atoms. The van der Waals surface area contributed by atoms with Gasteiger partial charge in [0.1, 0.15) is 29.4 Å². The summed E-state index contributed by atoms with van der Waals surface area (Å²) in [5.41, 5.74) is 3.04. The summed E-state index contributed by atoms with van der Waals surface area (Å²) in [4.78, 5) is 24.6. The topological polar surface area (TPSA) is 92.3 Å². The average Bonchev–Trinajstić information content (AvgIpc) is 3.51. The number of hydrogen-bond donors (Lipinski definition) is 1. The third-order valence-corrected chi connectivity index (χ3v) is 7.35. The van der Waals surface area contributed by atoms with Gasteiger partial charge in [0.05, 0.1) is 24.2 Å². The van der Waals surface area contributed by atoms with Gasteiger partial charge in [-0.05, 0) is 44.5 Å². The van der Waals surface area contributed by atoms with Crippen LogP contribution in [0.5, 0.6) is 0 Å². The molecule has 1 aliphatic heterocycles. The van der Waals surface area contributed by atoms with Gasteiger partial charge in [0, 0.05) is 62.7 Å². The number of carbonyl (C=O) groups is 1. The summed E-state index contributed by atoms with van der Waals surface area (Å²) in [7, 11) is 1.84. The minimum atomic E-state index is -0.508. The van der Waals surface area contributed by atoms with Crippen LogP contribution in [0.4, 0.5) is 10.2 Å². The number of Topliss-reactive ketones (excluding diaryl/α,β-unsaturated/α-hetero) is 1. The molecule has 10 heteroatoms. The van der Waals surface area contributed by atoms with Gasteiger partial charge in [-0.1, -0.05) is 12.1 Å². The van der Waals surface area contributed by atoms with Crippen molar-refractivity contribution >= 4 is 22.6 Å². The van der Waals surface area contributed by atoms with E-state index in [0.29, 0.717) is 38.3 Å². The number of rotatable bonds is 9. The van der Waals surface area contributed by atoms with E-state index >= 15 is 4.39 Å². The molecule has 2 atom stereocenters. The van der Waals surface area contributed by atoms with E-state index < -0.39 is 6.10 Å². The number of anilines is 1. The first kappa shape index (κ1) is 26.0. The van der Waals surface area contributed by atoms with Crippen LogP contribution in [0.2, 0.25) is 0 Å². The Kier molecular flexibility index (Phi) is 7.53. The third-order valence-electron chi connectivity index (χ3n) is 7.35. The number of carbonyl (C=O) groups excluding carboxylic acids is 1. The molecule has 0 saturated carbocycles. The monoisotopic (exact) mass is 519 g/mol. The molecule has 1 unspecified atom stereocenters. The van der Waals surface area contributed by atoms with Crippen LogP contribution in [-0.4, -0.2) is 72.4 Å². The molecule has 0 spiro atoms. The number of benzene rings is 1. The maximum Gasteiger partial charge on any atom is 0.145 e. The fourth-order valence-corrected chi connectivity index (χ4v) is 5.33. The fourth-order valence-electron chi connectivity index (χ4n) is 5.33. The molecule has 1 saturated heterocycles. The fraction of sp³-hybridized carbons (Fsp3) is 0.429. The number of aryl methyl sites for hydroxylation is 1. The molecule has 0 aliphatic carbocycles. The van der Waals surface area contributed by atoms with Crippen LogP contribution in [0.15, 0.2) is 49.2 Å². The maximum atomic E-state index is 15.1. The van der Waals surface area contributed by atoms with E-state index in [9.17, 15) is 9.90 Å². The van der Waals surface area contributed by atoms with Crippen molar-refractivity contribution in [1.29, 1.82) is 0 Å². The number of β-amino-alcohol motifs (C(OH)–C–C–N with tert-alkyl or cyclic N) is 1. The van der Waals surface area contributed by atoms with Crippen molar-refractivity contribution in [3.63, 3.8) is 0 Å². The van der Waals surface area contributed by atoms with Crippen LogP contribution in [0, 0.1) is 11.7 Å². The van der Waals surface area contributed by atoms with E-state index in [1.165, 1.54) is 0 Å². The molecular formula is C28H34FN7O2. The molecule has 4 aromatic rings. The molecule has 1 aromatic carbocycles. The lowest BCUT2D eigenvalue weighted by Crippen LogP contribution is -2.46. The van der Waals surface area contributed by atoms with Crippen molar-refractivity contribution in [2.45, 2.75) is 39.5 Å². The zero-order valence-electron chi connectivity index (χ0n) is 22.1. The summed E-state index contributed by atoms with van der Waals surface area (Å²) >= 11 is 0. The van der Waals surface area contributed by atoms with Crippen LogP contribution >= 0.6 is 0 Å². The number of hydrogen-bond acceptors (Lipinski definition) is 7. The normalized spacial score (nSPS) is 18.2. The number of halogens is 1. The molecule has 1 fully saturated rings. The predicted molar refractivity (Wildman–Crippen MR) is 144 cm³/mol. The zero-order valence-corrected chi connectivity index (χ0v) is 22.1. The van der Waals surface area contributed by atoms with Crippen LogP contribution in [0.25, 0.3) is 22.2 Å². The number of ketones is 1. The number of aliphatic hydroxyl groups excluding tert-OH is 1. The highest BCUT2D eigenvalue weighted by Gasteiger charge is 2.29. The lowest BCUT2D eigenvalue weighted by molar-refractivity contribution is -0.119. The number of aromatic nitrogens is 5. The molecule has 0 radical (unpaired) electrons. The molecule has 4 heterocycles. The summed E-state index contributed by atoms with van der Waals surface area (Å²) in [6.07, 6.45) is 7.42. The van der Waals surface area contributed by atoms with Crippen LogP contribution in [0.1, 0.15) is 25.8 Å². The van der Waals surface area contributed by atoms with Crippen LogP contribution in [0.3, 0.4) is 0 Å². The van der Waals surface area contributed by atoms with Crippen molar-refractivity contribution < 1.29 is 14.3 Å². The van der Waals surface area contributed by atoms with E-state index in [2.05, 4.69) is 19.6 Å². The number of aliphatic hydroxyl groups is 1. The molecule has 0 bridgehead atoms. The summed E-state index contributed by atoms with van der Waals surface area (Å²) < 4.78 is 18.9. The predicted octanol–water partition coefficient (Wildman–Crippen LogP) is 3.27. The van der Waals surface area contributed by atoms with Crippen molar-refractivity contribution in [2.24, 2.45) is 13.0 Å². The molecule has 3 aromatic heterocycles. The Morgan fingerprint density at radius 1 is 1.24 bits per heavy atom. The van der Waals surface area contributed by atoms with Crippen molar-refractivity contribution in [3.8, 4) is 11.1 Å². The highest BCUT2D eigenvalue weighted by atomic mass is 19.1. The summed E-state index contributed by atoms with van der Waals surface area (Å²) in [5.74, 6) is 0.671. The number of likely N-dealkylation sites (tertiary alicyclic amines) is 1. The molecule has 0 amide bonds. The second-order valence-electron chi connectivity index (χ2n) is 10.2. The van der Waals surface area contributed by atoms with Crippen molar-refractivity contribution in [1.82, 2.24) is 29.2 Å². The Hall–Kier alpha value is -3.63. The Bertz CT molecular complexity index is 1430. The van der Waals surface area contributed by atoms with E-state index in [4.69, 9.17) is 0 Å². The van der Waals surface area contributed by atoms with Gasteiger partial charge in [-0.2, -0.15) is 5.10 Å². The molecule has 200 valence electrons. The maximum absolute atomic E-state index is 15.1. The highest BCUT2D eigenvalue weighted by molar-refractivity contribution is 5.88. The largest absolute Gasteiger partial charge is 0.391 e. The Labute approximate surface area is 221 Å². The first-order valence-corrected chi connectivity index (χ1v) is 13.0. The molecule has 1 aliphatic rings. The second-order valence-corrected chi connectivity index (χ2v) is 10.2. The Morgan fingerprint density at radius 2 is 2.08 bits per heavy atom. The van der Waals surface area contributed by atoms with Gasteiger partial charge >= 0.3 is 0 Å². The lowest BCUT2D eigenvalue weighted by atomic mass is 9.93. The first-order valence-electron chi connectivity index (χ1n) is 13.0. The Balaban J connectivity index is 1.33. The molecule has 1 N–H and O–H groups in total. The van der Waals surface area contributed by atoms with Gasteiger partial charge in [0.15, 0.2) is 0 Å². The minimum absolute atomic E-state index is 0.0712. The van der Waals surface area contributed by atoms with Gasteiger partial charge in [-0.3, -0.25) is 14.4 Å². The third kappa shape index (κ3) is 5.46. The lowest BCUT2D eigenvalue weighted by Gasteiger charge is -2.35. The minimum Gasteiger partial charge on any atom is -0.391 e. The molecule has 9 nitrogen and oxygen atoms in total. The quantitative estimate of drug-likeness (QED) is 0.363. The van der Waals surface area contributed by atoms with E-state index in [0.717, 1.165) is 40.9 Å². The first-order chi connectivity index (χ1) is 18.3. The van der Waals surface area contributed by atoms with E-state index in [1.807, 2.05) is 54.4 Å². The zero-order chi connectivity index (χ0) is 26.8. The van der Waals surface area contributed by atoms with E-state index in [1.54, 1.807) is 30.2 Å². The average molecular weight is 520 g/mol.